The number of benzene rings is 1. The third-order valence-electron chi connectivity index (χ3n) is 2.99. The number of nitrogens with zero attached hydrogens (tertiary/aromatic N) is 1. The van der Waals surface area contributed by atoms with Gasteiger partial charge in [-0.1, -0.05) is 23.7 Å². The van der Waals surface area contributed by atoms with Gasteiger partial charge in [0.15, 0.2) is 0 Å². The van der Waals surface area contributed by atoms with Gasteiger partial charge in [0.05, 0.1) is 5.02 Å². The highest BCUT2D eigenvalue weighted by Gasteiger charge is 2.06. The Labute approximate surface area is 118 Å². The maximum absolute atomic E-state index is 6.09. The van der Waals surface area contributed by atoms with Crippen molar-refractivity contribution in [2.24, 2.45) is 0 Å². The lowest BCUT2D eigenvalue weighted by atomic mass is 10.1. The van der Waals surface area contributed by atoms with Gasteiger partial charge in [0.1, 0.15) is 5.75 Å². The van der Waals surface area contributed by atoms with Gasteiger partial charge in [-0.05, 0) is 44.2 Å². The molecule has 2 rings (SSSR count). The molecular formula is C15H17ClN2O. The molecule has 0 aliphatic heterocycles. The molecule has 0 radical (unpaired) electrons. The van der Waals surface area contributed by atoms with Gasteiger partial charge < -0.3 is 10.1 Å². The van der Waals surface area contributed by atoms with Gasteiger partial charge in [0.25, 0.3) is 0 Å². The van der Waals surface area contributed by atoms with Gasteiger partial charge in [0, 0.05) is 18.3 Å². The number of rotatable bonds is 4. The Kier molecular flexibility index (Phi) is 4.40. The number of ether oxygens (including phenoxy) is 1. The zero-order valence-corrected chi connectivity index (χ0v) is 12.0. The van der Waals surface area contributed by atoms with Gasteiger partial charge in [-0.3, -0.25) is 0 Å². The van der Waals surface area contributed by atoms with Crippen LogP contribution in [-0.2, 0) is 0 Å². The molecule has 3 nitrogen and oxygen atoms in total. The molecule has 0 bridgehead atoms. The second-order valence-corrected chi connectivity index (χ2v) is 4.88. The molecule has 0 spiro atoms. The van der Waals surface area contributed by atoms with Gasteiger partial charge in [-0.15, -0.1) is 0 Å². The first-order valence-corrected chi connectivity index (χ1v) is 6.55. The number of nitrogens with one attached hydrogen (secondary N) is 1. The van der Waals surface area contributed by atoms with Crippen molar-refractivity contribution in [3.63, 3.8) is 0 Å². The van der Waals surface area contributed by atoms with Crippen LogP contribution in [0.1, 0.15) is 24.1 Å². The molecule has 0 amide bonds. The molecule has 0 saturated heterocycles. The fourth-order valence-electron chi connectivity index (χ4n) is 1.68. The molecule has 1 aromatic heterocycles. The maximum atomic E-state index is 6.09. The molecule has 0 saturated carbocycles. The highest BCUT2D eigenvalue weighted by molar-refractivity contribution is 6.32. The van der Waals surface area contributed by atoms with E-state index in [9.17, 15) is 0 Å². The molecule has 19 heavy (non-hydrogen) atoms. The highest BCUT2D eigenvalue weighted by Crippen LogP contribution is 2.29. The predicted molar refractivity (Wildman–Crippen MR) is 78.0 cm³/mol. The van der Waals surface area contributed by atoms with E-state index in [1.165, 1.54) is 0 Å². The van der Waals surface area contributed by atoms with Crippen molar-refractivity contribution in [2.75, 3.05) is 7.05 Å². The summed E-state index contributed by atoms with van der Waals surface area (Å²) in [6, 6.07) is 9.77. The van der Waals surface area contributed by atoms with E-state index in [0.717, 1.165) is 11.1 Å². The van der Waals surface area contributed by atoms with E-state index < -0.39 is 0 Å². The largest absolute Gasteiger partial charge is 0.437 e. The average Bonchev–Trinajstić information content (AvgIpc) is 2.43. The normalized spacial score (nSPS) is 12.2. The van der Waals surface area contributed by atoms with Crippen LogP contribution in [0, 0.1) is 6.92 Å². The van der Waals surface area contributed by atoms with E-state index in [4.69, 9.17) is 16.3 Å². The van der Waals surface area contributed by atoms with Crippen LogP contribution in [0.4, 0.5) is 0 Å². The molecule has 100 valence electrons. The van der Waals surface area contributed by atoms with E-state index in [0.29, 0.717) is 16.7 Å². The van der Waals surface area contributed by atoms with Crippen LogP contribution in [0.2, 0.25) is 5.02 Å². The van der Waals surface area contributed by atoms with E-state index >= 15 is 0 Å². The van der Waals surface area contributed by atoms with E-state index in [1.54, 1.807) is 6.20 Å². The first-order chi connectivity index (χ1) is 9.10. The van der Waals surface area contributed by atoms with Gasteiger partial charge in [-0.25, -0.2) is 4.98 Å². The van der Waals surface area contributed by atoms with Crippen molar-refractivity contribution in [3.05, 3.63) is 52.7 Å². The third-order valence-corrected chi connectivity index (χ3v) is 3.31. The van der Waals surface area contributed by atoms with Crippen LogP contribution in [-0.4, -0.2) is 12.0 Å². The maximum Gasteiger partial charge on any atom is 0.219 e. The van der Waals surface area contributed by atoms with Crippen LogP contribution in [0.3, 0.4) is 0 Å². The monoisotopic (exact) mass is 276 g/mol. The predicted octanol–water partition coefficient (Wildman–Crippen LogP) is 4.12. The Hall–Kier alpha value is -1.58. The Morgan fingerprint density at radius 1 is 1.26 bits per heavy atom. The molecule has 1 atom stereocenters. The van der Waals surface area contributed by atoms with E-state index in [1.807, 2.05) is 44.3 Å². The minimum atomic E-state index is 0.268. The standard InChI is InChI=1S/C15H17ClN2O/c1-10-4-6-13(16)14(8-10)19-15-7-5-12(9-18-15)11(2)17-3/h4-9,11,17H,1-3H3. The molecule has 1 N–H and O–H groups in total. The molecule has 2 aromatic rings. The molecule has 0 aliphatic carbocycles. The summed E-state index contributed by atoms with van der Waals surface area (Å²) < 4.78 is 5.69. The van der Waals surface area contributed by atoms with Crippen molar-refractivity contribution in [1.29, 1.82) is 0 Å². The lowest BCUT2D eigenvalue weighted by Gasteiger charge is -2.11. The fourth-order valence-corrected chi connectivity index (χ4v) is 1.83. The van der Waals surface area contributed by atoms with Crippen LogP contribution in [0.25, 0.3) is 0 Å². The van der Waals surface area contributed by atoms with Crippen LogP contribution < -0.4 is 10.1 Å². The molecular weight excluding hydrogens is 260 g/mol. The molecule has 0 aliphatic rings. The average molecular weight is 277 g/mol. The Balaban J connectivity index is 2.17. The summed E-state index contributed by atoms with van der Waals surface area (Å²) in [7, 11) is 1.92. The summed E-state index contributed by atoms with van der Waals surface area (Å²) in [6.07, 6.45) is 1.81. The minimum Gasteiger partial charge on any atom is -0.437 e. The number of aromatic nitrogens is 1. The molecule has 1 heterocycles. The fraction of sp³-hybridized carbons (Fsp3) is 0.267. The summed E-state index contributed by atoms with van der Waals surface area (Å²) in [5.74, 6) is 1.17. The number of hydrogen-bond donors (Lipinski definition) is 1. The SMILES string of the molecule is CNC(C)c1ccc(Oc2cc(C)ccc2Cl)nc1. The zero-order valence-electron chi connectivity index (χ0n) is 11.3. The van der Waals surface area contributed by atoms with Crippen LogP contribution in [0.5, 0.6) is 11.6 Å². The smallest absolute Gasteiger partial charge is 0.219 e. The van der Waals surface area contributed by atoms with Crippen LogP contribution >= 0.6 is 11.6 Å². The minimum absolute atomic E-state index is 0.268. The third kappa shape index (κ3) is 3.46. The van der Waals surface area contributed by atoms with Crippen molar-refractivity contribution in [3.8, 4) is 11.6 Å². The van der Waals surface area contributed by atoms with Crippen molar-refractivity contribution >= 4 is 11.6 Å². The van der Waals surface area contributed by atoms with Crippen molar-refractivity contribution in [1.82, 2.24) is 10.3 Å². The quantitative estimate of drug-likeness (QED) is 0.912. The molecule has 0 fully saturated rings. The summed E-state index contributed by atoms with van der Waals surface area (Å²) in [6.45, 7) is 4.07. The summed E-state index contributed by atoms with van der Waals surface area (Å²) in [5.41, 5.74) is 2.21. The van der Waals surface area contributed by atoms with Crippen molar-refractivity contribution < 1.29 is 4.74 Å². The summed E-state index contributed by atoms with van der Waals surface area (Å²) >= 11 is 6.09. The number of aryl methyl sites for hydroxylation is 1. The second-order valence-electron chi connectivity index (χ2n) is 4.48. The first-order valence-electron chi connectivity index (χ1n) is 6.17. The second kappa shape index (κ2) is 6.04. The van der Waals surface area contributed by atoms with Gasteiger partial charge in [0.2, 0.25) is 5.88 Å². The molecule has 1 aromatic carbocycles. The number of hydrogen-bond acceptors (Lipinski definition) is 3. The summed E-state index contributed by atoms with van der Waals surface area (Å²) in [5, 5.41) is 3.75. The van der Waals surface area contributed by atoms with Gasteiger partial charge in [-0.2, -0.15) is 0 Å². The van der Waals surface area contributed by atoms with Crippen molar-refractivity contribution in [2.45, 2.75) is 19.9 Å². The Bertz CT molecular complexity index is 555. The highest BCUT2D eigenvalue weighted by atomic mass is 35.5. The zero-order chi connectivity index (χ0) is 13.8. The van der Waals surface area contributed by atoms with E-state index in [2.05, 4.69) is 17.2 Å². The number of halogens is 1. The summed E-state index contributed by atoms with van der Waals surface area (Å²) in [4.78, 5) is 4.29. The van der Waals surface area contributed by atoms with E-state index in [-0.39, 0.29) is 6.04 Å². The Morgan fingerprint density at radius 2 is 2.05 bits per heavy atom. The topological polar surface area (TPSA) is 34.1 Å². The van der Waals surface area contributed by atoms with Gasteiger partial charge >= 0.3 is 0 Å². The lowest BCUT2D eigenvalue weighted by molar-refractivity contribution is 0.461. The number of pyridine rings is 1. The van der Waals surface area contributed by atoms with Crippen LogP contribution in [0.15, 0.2) is 36.5 Å². The Morgan fingerprint density at radius 3 is 2.68 bits per heavy atom. The first kappa shape index (κ1) is 13.8. The molecule has 1 unspecified atom stereocenters. The molecule has 4 heteroatoms. The lowest BCUT2D eigenvalue weighted by Crippen LogP contribution is -2.12.